The van der Waals surface area contributed by atoms with Crippen LogP contribution in [-0.4, -0.2) is 19.9 Å². The van der Waals surface area contributed by atoms with E-state index >= 15 is 0 Å². The Bertz CT molecular complexity index is 468. The molecule has 1 heterocycles. The Balaban J connectivity index is 2.02. The highest BCUT2D eigenvalue weighted by Gasteiger charge is 2.23. The highest BCUT2D eigenvalue weighted by molar-refractivity contribution is 7.91. The van der Waals surface area contributed by atoms with Crippen molar-refractivity contribution in [3.63, 3.8) is 0 Å². The normalized spacial score (nSPS) is 20.3. The Morgan fingerprint density at radius 3 is 2.29 bits per heavy atom. The molecule has 2 rings (SSSR count). The lowest BCUT2D eigenvalue weighted by molar-refractivity contribution is 0.461. The molecule has 0 radical (unpaired) electrons. The van der Waals surface area contributed by atoms with Gasteiger partial charge in [-0.2, -0.15) is 0 Å². The Hall–Kier alpha value is -0.870. The quantitative estimate of drug-likeness (QED) is 0.888. The van der Waals surface area contributed by atoms with Crippen LogP contribution in [0.25, 0.3) is 0 Å². The Morgan fingerprint density at radius 2 is 1.71 bits per heavy atom. The summed E-state index contributed by atoms with van der Waals surface area (Å²) in [5.41, 5.74) is 8.16. The zero-order valence-corrected chi connectivity index (χ0v) is 10.7. The maximum Gasteiger partial charge on any atom is 0.150 e. The summed E-state index contributed by atoms with van der Waals surface area (Å²) >= 11 is 0. The second-order valence-corrected chi connectivity index (χ2v) is 7.08. The smallest absolute Gasteiger partial charge is 0.150 e. The molecular formula is C13H19NO2S. The van der Waals surface area contributed by atoms with Gasteiger partial charge in [0.25, 0.3) is 0 Å². The van der Waals surface area contributed by atoms with E-state index in [1.54, 1.807) is 0 Å². The molecule has 94 valence electrons. The fourth-order valence-electron chi connectivity index (χ4n) is 2.41. The first-order valence-electron chi connectivity index (χ1n) is 6.08. The topological polar surface area (TPSA) is 60.2 Å². The van der Waals surface area contributed by atoms with Gasteiger partial charge in [-0.05, 0) is 36.3 Å². The first-order chi connectivity index (χ1) is 8.11. The molecule has 1 aliphatic rings. The number of sulfone groups is 1. The van der Waals surface area contributed by atoms with E-state index in [0.717, 1.165) is 19.3 Å². The third kappa shape index (κ3) is 3.30. The van der Waals surface area contributed by atoms with Crippen molar-refractivity contribution in [1.82, 2.24) is 0 Å². The van der Waals surface area contributed by atoms with Gasteiger partial charge in [0.2, 0.25) is 0 Å². The minimum atomic E-state index is -2.75. The standard InChI is InChI=1S/C13H19NO2S/c14-10-13-4-2-1-3-12(13)9-11-5-7-17(15,16)8-6-11/h1-4,11H,5-10,14H2. The Kier molecular flexibility index (Phi) is 3.84. The van der Waals surface area contributed by atoms with Crippen molar-refractivity contribution < 1.29 is 8.42 Å². The molecule has 0 saturated carbocycles. The van der Waals surface area contributed by atoms with Gasteiger partial charge in [0, 0.05) is 6.54 Å². The lowest BCUT2D eigenvalue weighted by Crippen LogP contribution is -2.24. The fraction of sp³-hybridized carbons (Fsp3) is 0.538. The van der Waals surface area contributed by atoms with E-state index in [0.29, 0.717) is 24.0 Å². The van der Waals surface area contributed by atoms with Crippen molar-refractivity contribution in [1.29, 1.82) is 0 Å². The molecule has 0 unspecified atom stereocenters. The van der Waals surface area contributed by atoms with E-state index in [1.807, 2.05) is 12.1 Å². The van der Waals surface area contributed by atoms with Crippen LogP contribution in [0.1, 0.15) is 24.0 Å². The molecule has 0 atom stereocenters. The largest absolute Gasteiger partial charge is 0.326 e. The van der Waals surface area contributed by atoms with Crippen LogP contribution in [0.2, 0.25) is 0 Å². The minimum Gasteiger partial charge on any atom is -0.326 e. The van der Waals surface area contributed by atoms with Crippen LogP contribution in [0.15, 0.2) is 24.3 Å². The number of benzene rings is 1. The summed E-state index contributed by atoms with van der Waals surface area (Å²) in [7, 11) is -2.75. The molecule has 4 heteroatoms. The number of hydrogen-bond donors (Lipinski definition) is 1. The molecule has 1 saturated heterocycles. The molecular weight excluding hydrogens is 234 g/mol. The van der Waals surface area contributed by atoms with E-state index in [-0.39, 0.29) is 0 Å². The Labute approximate surface area is 103 Å². The van der Waals surface area contributed by atoms with E-state index in [9.17, 15) is 8.42 Å². The highest BCUT2D eigenvalue weighted by Crippen LogP contribution is 2.24. The summed E-state index contributed by atoms with van der Waals surface area (Å²) in [6.07, 6.45) is 2.55. The van der Waals surface area contributed by atoms with Crippen molar-refractivity contribution in [2.75, 3.05) is 11.5 Å². The van der Waals surface area contributed by atoms with Crippen molar-refractivity contribution in [2.45, 2.75) is 25.8 Å². The predicted molar refractivity (Wildman–Crippen MR) is 69.4 cm³/mol. The Morgan fingerprint density at radius 1 is 1.12 bits per heavy atom. The molecule has 0 bridgehead atoms. The van der Waals surface area contributed by atoms with Crippen molar-refractivity contribution in [3.8, 4) is 0 Å². The molecule has 2 N–H and O–H groups in total. The van der Waals surface area contributed by atoms with Crippen LogP contribution >= 0.6 is 0 Å². The maximum atomic E-state index is 11.4. The summed E-state index contributed by atoms with van der Waals surface area (Å²) in [6, 6.07) is 8.17. The highest BCUT2D eigenvalue weighted by atomic mass is 32.2. The van der Waals surface area contributed by atoms with Gasteiger partial charge in [-0.1, -0.05) is 24.3 Å². The van der Waals surface area contributed by atoms with Crippen LogP contribution in [0, 0.1) is 5.92 Å². The summed E-state index contributed by atoms with van der Waals surface area (Å²) < 4.78 is 22.7. The summed E-state index contributed by atoms with van der Waals surface area (Å²) in [4.78, 5) is 0. The maximum absolute atomic E-state index is 11.4. The SMILES string of the molecule is NCc1ccccc1CC1CCS(=O)(=O)CC1. The first kappa shape index (κ1) is 12.6. The molecule has 0 spiro atoms. The van der Waals surface area contributed by atoms with Gasteiger partial charge in [-0.25, -0.2) is 8.42 Å². The van der Waals surface area contributed by atoms with E-state index < -0.39 is 9.84 Å². The van der Waals surface area contributed by atoms with Gasteiger partial charge in [0.15, 0.2) is 0 Å². The molecule has 0 aromatic heterocycles. The second-order valence-electron chi connectivity index (χ2n) is 4.77. The average Bonchev–Trinajstić information content (AvgIpc) is 2.32. The molecule has 0 amide bonds. The van der Waals surface area contributed by atoms with E-state index in [2.05, 4.69) is 12.1 Å². The lowest BCUT2D eigenvalue weighted by atomic mass is 9.91. The number of rotatable bonds is 3. The average molecular weight is 253 g/mol. The van der Waals surface area contributed by atoms with Gasteiger partial charge < -0.3 is 5.73 Å². The van der Waals surface area contributed by atoms with Crippen LogP contribution in [0.4, 0.5) is 0 Å². The predicted octanol–water partition coefficient (Wildman–Crippen LogP) is 1.51. The second kappa shape index (κ2) is 5.19. The summed E-state index contributed by atoms with van der Waals surface area (Å²) in [5, 5.41) is 0. The minimum absolute atomic E-state index is 0.350. The summed E-state index contributed by atoms with van der Waals surface area (Å²) in [6.45, 7) is 0.557. The molecule has 0 aliphatic carbocycles. The van der Waals surface area contributed by atoms with Gasteiger partial charge in [0.05, 0.1) is 11.5 Å². The number of hydrogen-bond acceptors (Lipinski definition) is 3. The van der Waals surface area contributed by atoms with Gasteiger partial charge in [0.1, 0.15) is 9.84 Å². The fourth-order valence-corrected chi connectivity index (χ4v) is 4.00. The third-order valence-electron chi connectivity index (χ3n) is 3.52. The van der Waals surface area contributed by atoms with Crippen molar-refractivity contribution in [2.24, 2.45) is 11.7 Å². The number of nitrogens with two attached hydrogens (primary N) is 1. The zero-order valence-electron chi connectivity index (χ0n) is 9.93. The molecule has 1 fully saturated rings. The molecule has 1 aromatic rings. The van der Waals surface area contributed by atoms with E-state index in [4.69, 9.17) is 5.73 Å². The van der Waals surface area contributed by atoms with Crippen molar-refractivity contribution >= 4 is 9.84 Å². The lowest BCUT2D eigenvalue weighted by Gasteiger charge is -2.22. The van der Waals surface area contributed by atoms with Gasteiger partial charge >= 0.3 is 0 Å². The first-order valence-corrected chi connectivity index (χ1v) is 7.90. The van der Waals surface area contributed by atoms with Crippen LogP contribution < -0.4 is 5.73 Å². The molecule has 3 nitrogen and oxygen atoms in total. The zero-order chi connectivity index (χ0) is 12.3. The van der Waals surface area contributed by atoms with Crippen molar-refractivity contribution in [3.05, 3.63) is 35.4 Å². The van der Waals surface area contributed by atoms with Gasteiger partial charge in [-0.15, -0.1) is 0 Å². The molecule has 17 heavy (non-hydrogen) atoms. The monoisotopic (exact) mass is 253 g/mol. The van der Waals surface area contributed by atoms with Gasteiger partial charge in [-0.3, -0.25) is 0 Å². The molecule has 1 aromatic carbocycles. The van der Waals surface area contributed by atoms with E-state index in [1.165, 1.54) is 11.1 Å². The van der Waals surface area contributed by atoms with Crippen LogP contribution in [0.5, 0.6) is 0 Å². The summed E-state index contributed by atoms with van der Waals surface area (Å²) in [5.74, 6) is 1.19. The third-order valence-corrected chi connectivity index (χ3v) is 5.24. The van der Waals surface area contributed by atoms with Crippen LogP contribution in [-0.2, 0) is 22.8 Å². The van der Waals surface area contributed by atoms with Crippen LogP contribution in [0.3, 0.4) is 0 Å². The molecule has 1 aliphatic heterocycles.